The lowest BCUT2D eigenvalue weighted by Gasteiger charge is -2.40. The van der Waals surface area contributed by atoms with Crippen LogP contribution in [0.25, 0.3) is 0 Å². The average molecular weight is 297 g/mol. The predicted molar refractivity (Wildman–Crippen MR) is 89.1 cm³/mol. The first-order valence-electron chi connectivity index (χ1n) is 8.59. The van der Waals surface area contributed by atoms with Gasteiger partial charge in [0.15, 0.2) is 0 Å². The van der Waals surface area contributed by atoms with Crippen LogP contribution in [0.3, 0.4) is 0 Å². The Hall–Kier alpha value is -0.610. The first kappa shape index (κ1) is 18.4. The molecule has 0 spiro atoms. The maximum Gasteiger partial charge on any atom is 0.237 e. The molecule has 0 saturated carbocycles. The van der Waals surface area contributed by atoms with Crippen LogP contribution < -0.4 is 11.1 Å². The highest BCUT2D eigenvalue weighted by Gasteiger charge is 2.34. The van der Waals surface area contributed by atoms with E-state index in [0.29, 0.717) is 6.04 Å². The minimum Gasteiger partial charge on any atom is -0.368 e. The van der Waals surface area contributed by atoms with Gasteiger partial charge in [-0.2, -0.15) is 0 Å². The number of carbonyl (C=O) groups excluding carboxylic acids is 1. The minimum absolute atomic E-state index is 0.236. The first-order valence-corrected chi connectivity index (χ1v) is 8.59. The SMILES string of the molecule is CCCNC(C)(CC(C)N1CCC(C(C)C)CC1)C(N)=O. The molecule has 2 atom stereocenters. The Bertz CT molecular complexity index is 324. The van der Waals surface area contributed by atoms with E-state index in [0.717, 1.165) is 44.3 Å². The molecule has 3 N–H and O–H groups in total. The van der Waals surface area contributed by atoms with Crippen LogP contribution in [0, 0.1) is 11.8 Å². The molecule has 124 valence electrons. The molecule has 1 rings (SSSR count). The van der Waals surface area contributed by atoms with Crippen LogP contribution in [0.15, 0.2) is 0 Å². The summed E-state index contributed by atoms with van der Waals surface area (Å²) in [6, 6.07) is 0.389. The molecule has 0 aromatic rings. The Morgan fingerprint density at radius 1 is 1.33 bits per heavy atom. The van der Waals surface area contributed by atoms with Gasteiger partial charge in [-0.05, 0) is 71.0 Å². The molecule has 0 radical (unpaired) electrons. The monoisotopic (exact) mass is 297 g/mol. The van der Waals surface area contributed by atoms with Crippen molar-refractivity contribution in [2.75, 3.05) is 19.6 Å². The number of nitrogens with one attached hydrogen (secondary N) is 1. The van der Waals surface area contributed by atoms with Crippen LogP contribution >= 0.6 is 0 Å². The van der Waals surface area contributed by atoms with E-state index in [1.807, 2.05) is 6.92 Å². The number of carbonyl (C=O) groups is 1. The largest absolute Gasteiger partial charge is 0.368 e. The summed E-state index contributed by atoms with van der Waals surface area (Å²) >= 11 is 0. The molecule has 1 aliphatic heterocycles. The van der Waals surface area contributed by atoms with E-state index in [9.17, 15) is 4.79 Å². The van der Waals surface area contributed by atoms with E-state index in [2.05, 4.69) is 37.9 Å². The van der Waals surface area contributed by atoms with Gasteiger partial charge in [0.1, 0.15) is 0 Å². The number of hydrogen-bond acceptors (Lipinski definition) is 3. The van der Waals surface area contributed by atoms with Crippen LogP contribution in [0.5, 0.6) is 0 Å². The van der Waals surface area contributed by atoms with E-state index >= 15 is 0 Å². The zero-order valence-corrected chi connectivity index (χ0v) is 14.6. The van der Waals surface area contributed by atoms with Gasteiger partial charge in [0.05, 0.1) is 5.54 Å². The molecule has 0 aromatic heterocycles. The summed E-state index contributed by atoms with van der Waals surface area (Å²) in [5.74, 6) is 1.40. The molecule has 1 amide bonds. The van der Waals surface area contributed by atoms with Gasteiger partial charge < -0.3 is 16.0 Å². The van der Waals surface area contributed by atoms with E-state index in [1.165, 1.54) is 12.8 Å². The molecular weight excluding hydrogens is 262 g/mol. The maximum absolute atomic E-state index is 11.8. The third-order valence-corrected chi connectivity index (χ3v) is 5.15. The molecule has 1 fully saturated rings. The number of amides is 1. The van der Waals surface area contributed by atoms with Crippen molar-refractivity contribution in [1.82, 2.24) is 10.2 Å². The fourth-order valence-electron chi connectivity index (χ4n) is 3.41. The first-order chi connectivity index (χ1) is 9.80. The van der Waals surface area contributed by atoms with Gasteiger partial charge in [-0.3, -0.25) is 4.79 Å². The highest BCUT2D eigenvalue weighted by Crippen LogP contribution is 2.27. The Balaban J connectivity index is 2.54. The van der Waals surface area contributed by atoms with Crippen molar-refractivity contribution in [2.45, 2.75) is 71.9 Å². The van der Waals surface area contributed by atoms with Crippen molar-refractivity contribution >= 4 is 5.91 Å². The smallest absolute Gasteiger partial charge is 0.237 e. The van der Waals surface area contributed by atoms with E-state index in [4.69, 9.17) is 5.73 Å². The number of rotatable bonds is 8. The summed E-state index contributed by atoms with van der Waals surface area (Å²) in [5, 5.41) is 3.34. The Kier molecular flexibility index (Phi) is 7.14. The summed E-state index contributed by atoms with van der Waals surface area (Å²) in [6.45, 7) is 14.0. The number of likely N-dealkylation sites (tertiary alicyclic amines) is 1. The Morgan fingerprint density at radius 2 is 1.90 bits per heavy atom. The number of primary amides is 1. The maximum atomic E-state index is 11.8. The van der Waals surface area contributed by atoms with Crippen molar-refractivity contribution in [3.8, 4) is 0 Å². The van der Waals surface area contributed by atoms with Gasteiger partial charge >= 0.3 is 0 Å². The normalized spacial score (nSPS) is 22.2. The molecule has 0 bridgehead atoms. The third-order valence-electron chi connectivity index (χ3n) is 5.15. The van der Waals surface area contributed by atoms with Crippen LogP contribution in [0.4, 0.5) is 0 Å². The van der Waals surface area contributed by atoms with Crippen molar-refractivity contribution in [3.05, 3.63) is 0 Å². The van der Waals surface area contributed by atoms with Gasteiger partial charge in [0, 0.05) is 6.04 Å². The Labute approximate surface area is 130 Å². The van der Waals surface area contributed by atoms with E-state index in [-0.39, 0.29) is 5.91 Å². The average Bonchev–Trinajstić information content (AvgIpc) is 2.45. The summed E-state index contributed by atoms with van der Waals surface area (Å²) in [6.07, 6.45) is 4.35. The van der Waals surface area contributed by atoms with Crippen molar-refractivity contribution < 1.29 is 4.79 Å². The van der Waals surface area contributed by atoms with Crippen LogP contribution in [-0.2, 0) is 4.79 Å². The van der Waals surface area contributed by atoms with Crippen LogP contribution in [0.1, 0.15) is 60.3 Å². The summed E-state index contributed by atoms with van der Waals surface area (Å²) < 4.78 is 0. The van der Waals surface area contributed by atoms with Crippen molar-refractivity contribution in [1.29, 1.82) is 0 Å². The molecule has 21 heavy (non-hydrogen) atoms. The van der Waals surface area contributed by atoms with Gasteiger partial charge in [-0.15, -0.1) is 0 Å². The number of hydrogen-bond donors (Lipinski definition) is 2. The molecule has 1 saturated heterocycles. The zero-order chi connectivity index (χ0) is 16.0. The molecule has 4 heteroatoms. The summed E-state index contributed by atoms with van der Waals surface area (Å²) in [7, 11) is 0. The van der Waals surface area contributed by atoms with Crippen molar-refractivity contribution in [2.24, 2.45) is 17.6 Å². The van der Waals surface area contributed by atoms with Gasteiger partial charge in [0.2, 0.25) is 5.91 Å². The fourth-order valence-corrected chi connectivity index (χ4v) is 3.41. The van der Waals surface area contributed by atoms with Crippen LogP contribution in [0.2, 0.25) is 0 Å². The molecule has 0 aromatic carbocycles. The van der Waals surface area contributed by atoms with Crippen molar-refractivity contribution in [3.63, 3.8) is 0 Å². The summed E-state index contributed by atoms with van der Waals surface area (Å²) in [4.78, 5) is 14.3. The second kappa shape index (κ2) is 8.14. The minimum atomic E-state index is -0.593. The lowest BCUT2D eigenvalue weighted by Crippen LogP contribution is -2.57. The van der Waals surface area contributed by atoms with E-state index < -0.39 is 5.54 Å². The van der Waals surface area contributed by atoms with Gasteiger partial charge in [-0.1, -0.05) is 20.8 Å². The summed E-state index contributed by atoms with van der Waals surface area (Å²) in [5.41, 5.74) is 5.04. The fraction of sp³-hybridized carbons (Fsp3) is 0.941. The predicted octanol–water partition coefficient (Wildman–Crippen LogP) is 2.38. The zero-order valence-electron chi connectivity index (χ0n) is 14.6. The standard InChI is InChI=1S/C17H35N3O/c1-6-9-19-17(5,16(18)21)12-14(4)20-10-7-15(8-11-20)13(2)3/h13-15,19H,6-12H2,1-5H3,(H2,18,21). The third kappa shape index (κ3) is 5.26. The van der Waals surface area contributed by atoms with Crippen LogP contribution in [-0.4, -0.2) is 42.0 Å². The van der Waals surface area contributed by atoms with Gasteiger partial charge in [0.25, 0.3) is 0 Å². The quantitative estimate of drug-likeness (QED) is 0.723. The molecule has 1 heterocycles. The highest BCUT2D eigenvalue weighted by molar-refractivity contribution is 5.84. The van der Waals surface area contributed by atoms with E-state index in [1.54, 1.807) is 0 Å². The number of nitrogens with zero attached hydrogens (tertiary/aromatic N) is 1. The number of piperidine rings is 1. The molecule has 0 aliphatic carbocycles. The molecule has 2 unspecified atom stereocenters. The van der Waals surface area contributed by atoms with Gasteiger partial charge in [-0.25, -0.2) is 0 Å². The topological polar surface area (TPSA) is 58.4 Å². The molecular formula is C17H35N3O. The lowest BCUT2D eigenvalue weighted by molar-refractivity contribution is -0.124. The number of nitrogens with two attached hydrogens (primary N) is 1. The highest BCUT2D eigenvalue weighted by atomic mass is 16.1. The Morgan fingerprint density at radius 3 is 2.33 bits per heavy atom. The molecule has 4 nitrogen and oxygen atoms in total. The second-order valence-electron chi connectivity index (χ2n) is 7.29. The lowest BCUT2D eigenvalue weighted by atomic mass is 9.85. The second-order valence-corrected chi connectivity index (χ2v) is 7.29. The molecule has 1 aliphatic rings.